The summed E-state index contributed by atoms with van der Waals surface area (Å²) in [4.78, 5) is 10.3. The van der Waals surface area contributed by atoms with Crippen LogP contribution in [0, 0.1) is 22.9 Å². The molecular weight excluding hydrogens is 329 g/mol. The minimum absolute atomic E-state index is 0.0243. The molecule has 0 atom stereocenters. The van der Waals surface area contributed by atoms with E-state index in [0.717, 1.165) is 11.1 Å². The second-order valence-corrected chi connectivity index (χ2v) is 5.09. The fourth-order valence-electron chi connectivity index (χ4n) is 1.65. The van der Waals surface area contributed by atoms with Crippen molar-refractivity contribution in [1.82, 2.24) is 0 Å². The molecule has 2 rings (SSSR count). The van der Waals surface area contributed by atoms with E-state index < -0.39 is 4.92 Å². The van der Waals surface area contributed by atoms with Crippen molar-refractivity contribution in [3.05, 3.63) is 67.9 Å². The van der Waals surface area contributed by atoms with E-state index in [2.05, 4.69) is 15.9 Å². The maximum Gasteiger partial charge on any atom is 0.273 e. The zero-order valence-corrected chi connectivity index (χ0v) is 12.2. The maximum absolute atomic E-state index is 13.0. The molecule has 0 aliphatic heterocycles. The Bertz CT molecular complexity index is 661. The fraction of sp³-hybridized carbons (Fsp3) is 0.143. The van der Waals surface area contributed by atoms with Crippen LogP contribution in [0.2, 0.25) is 0 Å². The third-order valence-electron chi connectivity index (χ3n) is 2.78. The van der Waals surface area contributed by atoms with Gasteiger partial charge in [-0.3, -0.25) is 10.1 Å². The first-order valence-corrected chi connectivity index (χ1v) is 6.58. The smallest absolute Gasteiger partial charge is 0.273 e. The molecule has 0 saturated heterocycles. The van der Waals surface area contributed by atoms with Crippen LogP contribution in [-0.2, 0) is 6.61 Å². The first-order chi connectivity index (χ1) is 9.47. The van der Waals surface area contributed by atoms with Crippen molar-refractivity contribution >= 4 is 21.6 Å². The lowest BCUT2D eigenvalue weighted by molar-refractivity contribution is -0.385. The maximum atomic E-state index is 13.0. The predicted molar refractivity (Wildman–Crippen MR) is 76.3 cm³/mol. The fourth-order valence-corrected chi connectivity index (χ4v) is 2.12. The molecule has 4 nitrogen and oxygen atoms in total. The van der Waals surface area contributed by atoms with E-state index in [1.54, 1.807) is 19.1 Å². The Morgan fingerprint density at radius 1 is 1.30 bits per heavy atom. The van der Waals surface area contributed by atoms with E-state index in [4.69, 9.17) is 4.74 Å². The van der Waals surface area contributed by atoms with Crippen LogP contribution in [0.5, 0.6) is 5.75 Å². The summed E-state index contributed by atoms with van der Waals surface area (Å²) in [7, 11) is 0. The lowest BCUT2D eigenvalue weighted by Crippen LogP contribution is -1.99. The summed E-state index contributed by atoms with van der Waals surface area (Å²) < 4.78 is 19.1. The molecule has 0 saturated carbocycles. The van der Waals surface area contributed by atoms with Gasteiger partial charge in [-0.25, -0.2) is 4.39 Å². The molecule has 0 aliphatic carbocycles. The van der Waals surface area contributed by atoms with Crippen LogP contribution in [0.25, 0.3) is 0 Å². The van der Waals surface area contributed by atoms with Gasteiger partial charge in [0.25, 0.3) is 5.69 Å². The molecular formula is C14H11BrFNO3. The summed E-state index contributed by atoms with van der Waals surface area (Å²) in [6.45, 7) is 2.00. The Hall–Kier alpha value is -1.95. The largest absolute Gasteiger partial charge is 0.488 e. The van der Waals surface area contributed by atoms with E-state index in [1.807, 2.05) is 0 Å². The van der Waals surface area contributed by atoms with Gasteiger partial charge in [-0.15, -0.1) is 0 Å². The molecule has 0 bridgehead atoms. The van der Waals surface area contributed by atoms with Gasteiger partial charge in [0.1, 0.15) is 18.2 Å². The molecule has 0 aromatic heterocycles. The van der Waals surface area contributed by atoms with Crippen molar-refractivity contribution in [1.29, 1.82) is 0 Å². The quantitative estimate of drug-likeness (QED) is 0.613. The molecule has 6 heteroatoms. The van der Waals surface area contributed by atoms with Crippen LogP contribution >= 0.6 is 15.9 Å². The number of hydrogen-bond acceptors (Lipinski definition) is 3. The summed E-state index contributed by atoms with van der Waals surface area (Å²) in [6, 6.07) is 8.73. The molecule has 0 aliphatic rings. The first kappa shape index (κ1) is 14.5. The Morgan fingerprint density at radius 3 is 2.70 bits per heavy atom. The van der Waals surface area contributed by atoms with Gasteiger partial charge in [0.15, 0.2) is 0 Å². The molecule has 20 heavy (non-hydrogen) atoms. The van der Waals surface area contributed by atoms with Gasteiger partial charge in [-0.05, 0) is 30.7 Å². The summed E-state index contributed by atoms with van der Waals surface area (Å²) in [6.07, 6.45) is 0. The molecule has 2 aromatic carbocycles. The summed E-state index contributed by atoms with van der Waals surface area (Å²) in [5, 5.41) is 10.7. The summed E-state index contributed by atoms with van der Waals surface area (Å²) >= 11 is 3.25. The number of halogens is 2. The highest BCUT2D eigenvalue weighted by Crippen LogP contribution is 2.26. The average Bonchev–Trinajstić information content (AvgIpc) is 2.39. The molecule has 0 spiro atoms. The number of hydrogen-bond donors (Lipinski definition) is 0. The van der Waals surface area contributed by atoms with Gasteiger partial charge in [0.2, 0.25) is 0 Å². The standard InChI is InChI=1S/C14H11BrFNO3/c1-9-2-5-12(17(18)19)7-14(9)20-8-10-3-4-11(16)6-13(10)15/h2-7H,8H2,1H3. The third kappa shape index (κ3) is 3.33. The van der Waals surface area contributed by atoms with Crippen molar-refractivity contribution in [2.45, 2.75) is 13.5 Å². The third-order valence-corrected chi connectivity index (χ3v) is 3.52. The number of benzene rings is 2. The molecule has 0 amide bonds. The van der Waals surface area contributed by atoms with E-state index in [9.17, 15) is 14.5 Å². The van der Waals surface area contributed by atoms with Crippen molar-refractivity contribution in [2.24, 2.45) is 0 Å². The van der Waals surface area contributed by atoms with Gasteiger partial charge in [-0.1, -0.05) is 22.0 Å². The van der Waals surface area contributed by atoms with Gasteiger partial charge in [0.05, 0.1) is 11.0 Å². The Balaban J connectivity index is 2.18. The molecule has 0 radical (unpaired) electrons. The van der Waals surface area contributed by atoms with Crippen molar-refractivity contribution in [2.75, 3.05) is 0 Å². The second kappa shape index (κ2) is 6.00. The Morgan fingerprint density at radius 2 is 2.05 bits per heavy atom. The summed E-state index contributed by atoms with van der Waals surface area (Å²) in [5.41, 5.74) is 1.54. The SMILES string of the molecule is Cc1ccc([N+](=O)[O-])cc1OCc1ccc(F)cc1Br. The van der Waals surface area contributed by atoms with Gasteiger partial charge in [0, 0.05) is 16.1 Å². The van der Waals surface area contributed by atoms with Crippen LogP contribution in [0.15, 0.2) is 40.9 Å². The van der Waals surface area contributed by atoms with E-state index >= 15 is 0 Å². The molecule has 0 N–H and O–H groups in total. The Kier molecular flexibility index (Phi) is 4.34. The number of nitrogens with zero attached hydrogens (tertiary/aromatic N) is 1. The lowest BCUT2D eigenvalue weighted by Gasteiger charge is -2.10. The number of non-ortho nitro benzene ring substituents is 1. The van der Waals surface area contributed by atoms with E-state index in [-0.39, 0.29) is 18.1 Å². The number of rotatable bonds is 4. The molecule has 0 unspecified atom stereocenters. The minimum Gasteiger partial charge on any atom is -0.488 e. The molecule has 104 valence electrons. The topological polar surface area (TPSA) is 52.4 Å². The number of nitro groups is 1. The molecule has 0 heterocycles. The normalized spacial score (nSPS) is 10.3. The predicted octanol–water partition coefficient (Wildman–Crippen LogP) is 4.38. The molecule has 2 aromatic rings. The second-order valence-electron chi connectivity index (χ2n) is 4.23. The number of aryl methyl sites for hydroxylation is 1. The van der Waals surface area contributed by atoms with Gasteiger partial charge >= 0.3 is 0 Å². The van der Waals surface area contributed by atoms with Crippen LogP contribution in [0.4, 0.5) is 10.1 Å². The van der Waals surface area contributed by atoms with Crippen LogP contribution in [-0.4, -0.2) is 4.92 Å². The zero-order chi connectivity index (χ0) is 14.7. The van der Waals surface area contributed by atoms with E-state index in [0.29, 0.717) is 10.2 Å². The highest BCUT2D eigenvalue weighted by atomic mass is 79.9. The van der Waals surface area contributed by atoms with Crippen molar-refractivity contribution < 1.29 is 14.1 Å². The van der Waals surface area contributed by atoms with Gasteiger partial charge < -0.3 is 4.74 Å². The van der Waals surface area contributed by atoms with E-state index in [1.165, 1.54) is 24.3 Å². The number of nitro benzene ring substituents is 1. The van der Waals surface area contributed by atoms with Crippen LogP contribution < -0.4 is 4.74 Å². The Labute approximate surface area is 123 Å². The monoisotopic (exact) mass is 339 g/mol. The zero-order valence-electron chi connectivity index (χ0n) is 10.6. The minimum atomic E-state index is -0.472. The first-order valence-electron chi connectivity index (χ1n) is 5.79. The average molecular weight is 340 g/mol. The lowest BCUT2D eigenvalue weighted by atomic mass is 10.2. The van der Waals surface area contributed by atoms with Crippen molar-refractivity contribution in [3.63, 3.8) is 0 Å². The van der Waals surface area contributed by atoms with Gasteiger partial charge in [-0.2, -0.15) is 0 Å². The highest BCUT2D eigenvalue weighted by molar-refractivity contribution is 9.10. The molecule has 0 fully saturated rings. The van der Waals surface area contributed by atoms with Crippen LogP contribution in [0.3, 0.4) is 0 Å². The van der Waals surface area contributed by atoms with Crippen molar-refractivity contribution in [3.8, 4) is 5.75 Å². The summed E-state index contributed by atoms with van der Waals surface area (Å²) in [5.74, 6) is 0.0996. The van der Waals surface area contributed by atoms with Crippen LogP contribution in [0.1, 0.15) is 11.1 Å². The highest BCUT2D eigenvalue weighted by Gasteiger charge is 2.10. The number of ether oxygens (including phenoxy) is 1.